The second-order valence-electron chi connectivity index (χ2n) is 7.07. The molecule has 0 radical (unpaired) electrons. The van der Waals surface area contributed by atoms with Crippen molar-refractivity contribution in [2.24, 2.45) is 4.99 Å². The molecular formula is C24H24N2O4S. The molecule has 1 aromatic heterocycles. The molecule has 0 aliphatic heterocycles. The normalized spacial score (nSPS) is 11.9. The molecule has 6 nitrogen and oxygen atoms in total. The van der Waals surface area contributed by atoms with E-state index in [1.54, 1.807) is 21.3 Å². The number of amides is 1. The summed E-state index contributed by atoms with van der Waals surface area (Å²) >= 11 is 1.45. The summed E-state index contributed by atoms with van der Waals surface area (Å²) in [6, 6.07) is 18.0. The van der Waals surface area contributed by atoms with Crippen LogP contribution in [-0.4, -0.2) is 38.4 Å². The highest BCUT2D eigenvalue weighted by Gasteiger charge is 2.13. The van der Waals surface area contributed by atoms with E-state index in [1.807, 2.05) is 53.1 Å². The van der Waals surface area contributed by atoms with Crippen molar-refractivity contribution in [3.05, 3.63) is 65.0 Å². The van der Waals surface area contributed by atoms with Gasteiger partial charge in [-0.2, -0.15) is 4.99 Å². The highest BCUT2D eigenvalue weighted by Crippen LogP contribution is 2.33. The molecule has 0 saturated heterocycles. The molecule has 0 spiro atoms. The van der Waals surface area contributed by atoms with Crippen LogP contribution in [0.25, 0.3) is 21.0 Å². The number of rotatable bonds is 7. The van der Waals surface area contributed by atoms with Gasteiger partial charge < -0.3 is 18.8 Å². The average molecular weight is 437 g/mol. The van der Waals surface area contributed by atoms with Crippen molar-refractivity contribution >= 4 is 38.2 Å². The van der Waals surface area contributed by atoms with Crippen molar-refractivity contribution in [1.82, 2.24) is 4.57 Å². The molecule has 4 aromatic rings. The maximum absolute atomic E-state index is 12.8. The monoisotopic (exact) mass is 436 g/mol. The predicted octanol–water partition coefficient (Wildman–Crippen LogP) is 4.19. The molecule has 0 fully saturated rings. The van der Waals surface area contributed by atoms with Gasteiger partial charge in [0.05, 0.1) is 37.5 Å². The van der Waals surface area contributed by atoms with E-state index in [0.717, 1.165) is 26.6 Å². The second-order valence-corrected chi connectivity index (χ2v) is 8.08. The highest BCUT2D eigenvalue weighted by molar-refractivity contribution is 7.16. The van der Waals surface area contributed by atoms with Gasteiger partial charge in [0.1, 0.15) is 0 Å². The van der Waals surface area contributed by atoms with Crippen molar-refractivity contribution in [1.29, 1.82) is 0 Å². The lowest BCUT2D eigenvalue weighted by Gasteiger charge is -2.09. The molecule has 0 aliphatic rings. The Hall–Kier alpha value is -3.16. The first-order valence-corrected chi connectivity index (χ1v) is 10.7. The number of carbonyl (C=O) groups excluding carboxylic acids is 1. The summed E-state index contributed by atoms with van der Waals surface area (Å²) in [4.78, 5) is 17.9. The molecule has 7 heteroatoms. The predicted molar refractivity (Wildman–Crippen MR) is 123 cm³/mol. The SMILES string of the molecule is COCCn1c(=NC(=O)Cc2ccc3ccccc3c2)sc2cc(OC)c(OC)cc21. The quantitative estimate of drug-likeness (QED) is 0.436. The number of hydrogen-bond acceptors (Lipinski definition) is 5. The van der Waals surface area contributed by atoms with Gasteiger partial charge in [-0.05, 0) is 16.3 Å². The minimum atomic E-state index is -0.188. The van der Waals surface area contributed by atoms with E-state index >= 15 is 0 Å². The van der Waals surface area contributed by atoms with Crippen LogP contribution in [0.4, 0.5) is 0 Å². The topological polar surface area (TPSA) is 62.1 Å². The van der Waals surface area contributed by atoms with Crippen LogP contribution in [0, 0.1) is 0 Å². The maximum atomic E-state index is 12.8. The average Bonchev–Trinajstić information content (AvgIpc) is 3.11. The van der Waals surface area contributed by atoms with Gasteiger partial charge in [-0.3, -0.25) is 4.79 Å². The van der Waals surface area contributed by atoms with E-state index in [4.69, 9.17) is 14.2 Å². The Kier molecular flexibility index (Phi) is 6.34. The zero-order valence-corrected chi connectivity index (χ0v) is 18.6. The fraction of sp³-hybridized carbons (Fsp3) is 0.250. The molecule has 1 heterocycles. The molecule has 0 atom stereocenters. The molecule has 0 saturated carbocycles. The van der Waals surface area contributed by atoms with Crippen molar-refractivity contribution < 1.29 is 19.0 Å². The largest absolute Gasteiger partial charge is 0.493 e. The van der Waals surface area contributed by atoms with Gasteiger partial charge in [-0.1, -0.05) is 53.8 Å². The van der Waals surface area contributed by atoms with Crippen LogP contribution in [0.15, 0.2) is 59.6 Å². The third kappa shape index (κ3) is 4.47. The molecule has 1 amide bonds. The van der Waals surface area contributed by atoms with Crippen molar-refractivity contribution in [3.8, 4) is 11.5 Å². The van der Waals surface area contributed by atoms with Gasteiger partial charge in [-0.15, -0.1) is 0 Å². The third-order valence-corrected chi connectivity index (χ3v) is 6.14. The number of nitrogens with zero attached hydrogens (tertiary/aromatic N) is 2. The first-order chi connectivity index (χ1) is 15.1. The number of aromatic nitrogens is 1. The lowest BCUT2D eigenvalue weighted by atomic mass is 10.1. The number of benzene rings is 3. The first-order valence-electron chi connectivity index (χ1n) is 9.92. The highest BCUT2D eigenvalue weighted by atomic mass is 32.1. The van der Waals surface area contributed by atoms with Gasteiger partial charge in [0.2, 0.25) is 0 Å². The van der Waals surface area contributed by atoms with E-state index < -0.39 is 0 Å². The molecule has 0 N–H and O–H groups in total. The smallest absolute Gasteiger partial charge is 0.252 e. The van der Waals surface area contributed by atoms with Crippen LogP contribution >= 0.6 is 11.3 Å². The van der Waals surface area contributed by atoms with E-state index in [2.05, 4.69) is 11.1 Å². The number of carbonyl (C=O) groups is 1. The van der Waals surface area contributed by atoms with Crippen LogP contribution in [0.1, 0.15) is 5.56 Å². The Morgan fingerprint density at radius 1 is 0.968 bits per heavy atom. The van der Waals surface area contributed by atoms with Crippen LogP contribution in [0.2, 0.25) is 0 Å². The Morgan fingerprint density at radius 3 is 2.45 bits per heavy atom. The van der Waals surface area contributed by atoms with E-state index in [9.17, 15) is 4.79 Å². The summed E-state index contributed by atoms with van der Waals surface area (Å²) < 4.78 is 19.1. The summed E-state index contributed by atoms with van der Waals surface area (Å²) in [7, 11) is 4.86. The van der Waals surface area contributed by atoms with E-state index in [0.29, 0.717) is 29.5 Å². The second kappa shape index (κ2) is 9.32. The number of thiazole rings is 1. The zero-order chi connectivity index (χ0) is 21.8. The molecular weight excluding hydrogens is 412 g/mol. The molecule has 0 aliphatic carbocycles. The molecule has 3 aromatic carbocycles. The minimum Gasteiger partial charge on any atom is -0.493 e. The van der Waals surface area contributed by atoms with Crippen LogP contribution in [0.3, 0.4) is 0 Å². The Labute approximate surface area is 184 Å². The van der Waals surface area contributed by atoms with Crippen LogP contribution in [0.5, 0.6) is 11.5 Å². The number of hydrogen-bond donors (Lipinski definition) is 0. The molecule has 0 bridgehead atoms. The summed E-state index contributed by atoms with van der Waals surface area (Å²) in [6.45, 7) is 1.08. The van der Waals surface area contributed by atoms with Crippen LogP contribution < -0.4 is 14.3 Å². The molecule has 4 rings (SSSR count). The zero-order valence-electron chi connectivity index (χ0n) is 17.8. The Balaban J connectivity index is 1.72. The van der Waals surface area contributed by atoms with Gasteiger partial charge in [0, 0.05) is 25.8 Å². The van der Waals surface area contributed by atoms with Crippen molar-refractivity contribution in [3.63, 3.8) is 0 Å². The fourth-order valence-corrected chi connectivity index (χ4v) is 4.63. The van der Waals surface area contributed by atoms with Crippen LogP contribution in [-0.2, 0) is 22.5 Å². The summed E-state index contributed by atoms with van der Waals surface area (Å²) in [5, 5.41) is 2.27. The van der Waals surface area contributed by atoms with Gasteiger partial charge in [0.25, 0.3) is 5.91 Å². The summed E-state index contributed by atoms with van der Waals surface area (Å²) in [6.07, 6.45) is 0.246. The molecule has 31 heavy (non-hydrogen) atoms. The number of methoxy groups -OCH3 is 3. The maximum Gasteiger partial charge on any atom is 0.252 e. The molecule has 0 unspecified atom stereocenters. The lowest BCUT2D eigenvalue weighted by Crippen LogP contribution is -2.19. The molecule has 160 valence electrons. The lowest BCUT2D eigenvalue weighted by molar-refractivity contribution is -0.117. The van der Waals surface area contributed by atoms with Crippen molar-refractivity contribution in [2.75, 3.05) is 27.9 Å². The van der Waals surface area contributed by atoms with Gasteiger partial charge in [-0.25, -0.2) is 0 Å². The number of ether oxygens (including phenoxy) is 3. The third-order valence-electron chi connectivity index (χ3n) is 5.10. The summed E-state index contributed by atoms with van der Waals surface area (Å²) in [5.41, 5.74) is 1.87. The standard InChI is InChI=1S/C24H24N2O4S/c1-28-11-10-26-19-14-20(29-2)21(30-3)15-22(19)31-24(26)25-23(27)13-16-8-9-17-6-4-5-7-18(17)12-16/h4-9,12,14-15H,10-11,13H2,1-3H3. The number of fused-ring (bicyclic) bond motifs is 2. The Bertz CT molecular complexity index is 1310. The van der Waals surface area contributed by atoms with E-state index in [-0.39, 0.29) is 12.3 Å². The Morgan fingerprint density at radius 2 is 1.71 bits per heavy atom. The van der Waals surface area contributed by atoms with Crippen molar-refractivity contribution in [2.45, 2.75) is 13.0 Å². The first kappa shape index (κ1) is 21.1. The van der Waals surface area contributed by atoms with Gasteiger partial charge >= 0.3 is 0 Å². The minimum absolute atomic E-state index is 0.188. The fourth-order valence-electron chi connectivity index (χ4n) is 3.55. The summed E-state index contributed by atoms with van der Waals surface area (Å²) in [5.74, 6) is 1.09. The van der Waals surface area contributed by atoms with E-state index in [1.165, 1.54) is 11.3 Å². The van der Waals surface area contributed by atoms with Gasteiger partial charge in [0.15, 0.2) is 16.3 Å².